The molecule has 256 valence electrons. The molecule has 0 bridgehead atoms. The average molecular weight is 698 g/mol. The molecule has 0 spiro atoms. The van der Waals surface area contributed by atoms with Crippen LogP contribution in [-0.4, -0.2) is 43.8 Å². The van der Waals surface area contributed by atoms with Crippen molar-refractivity contribution in [2.45, 2.75) is 76.9 Å². The fourth-order valence-electron chi connectivity index (χ4n) is 6.43. The lowest BCUT2D eigenvalue weighted by atomic mass is 9.93. The second kappa shape index (κ2) is 14.9. The molecule has 1 aliphatic rings. The van der Waals surface area contributed by atoms with Crippen molar-refractivity contribution in [3.8, 4) is 22.7 Å². The Hall–Kier alpha value is -3.86. The molecule has 3 aromatic carbocycles. The van der Waals surface area contributed by atoms with Gasteiger partial charge in [-0.1, -0.05) is 113 Å². The minimum absolute atomic E-state index is 0.00219. The van der Waals surface area contributed by atoms with Gasteiger partial charge in [-0.15, -0.1) is 0 Å². The Balaban J connectivity index is 1.62. The molecule has 5 rings (SSSR count). The van der Waals surface area contributed by atoms with Gasteiger partial charge in [0, 0.05) is 24.3 Å². The number of carboxylic acid groups (broad SMARTS) is 1. The van der Waals surface area contributed by atoms with Crippen LogP contribution in [0.25, 0.3) is 11.1 Å². The first-order chi connectivity index (χ1) is 23.3. The lowest BCUT2D eigenvalue weighted by Gasteiger charge is -2.45. The van der Waals surface area contributed by atoms with E-state index in [0.717, 1.165) is 45.7 Å². The number of pyridine rings is 1. The number of hydrogen-bond donors (Lipinski definition) is 1. The summed E-state index contributed by atoms with van der Waals surface area (Å²) in [5.41, 5.74) is 6.88. The summed E-state index contributed by atoms with van der Waals surface area (Å²) in [6, 6.07) is 28.1. The van der Waals surface area contributed by atoms with Crippen LogP contribution in [0.4, 0.5) is 4.39 Å². The van der Waals surface area contributed by atoms with Crippen molar-refractivity contribution in [1.82, 2.24) is 4.98 Å². The van der Waals surface area contributed by atoms with Gasteiger partial charge in [0.2, 0.25) is 0 Å². The zero-order chi connectivity index (χ0) is 35.4. The summed E-state index contributed by atoms with van der Waals surface area (Å²) < 4.78 is 41.4. The Morgan fingerprint density at radius 3 is 2.04 bits per heavy atom. The fraction of sp³-hybridized carbons (Fsp3) is 0.350. The Morgan fingerprint density at radius 2 is 1.57 bits per heavy atom. The molecule has 6 nitrogen and oxygen atoms in total. The molecule has 4 aromatic rings. The molecule has 9 heteroatoms. The number of aromatic nitrogens is 1. The topological polar surface area (TPSA) is 85.7 Å². The van der Waals surface area contributed by atoms with E-state index in [-0.39, 0.29) is 24.3 Å². The fourth-order valence-corrected chi connectivity index (χ4v) is 12.6. The van der Waals surface area contributed by atoms with Crippen molar-refractivity contribution >= 4 is 32.0 Å². The number of halogens is 1. The molecule has 0 amide bonds. The maximum atomic E-state index is 14.6. The van der Waals surface area contributed by atoms with E-state index in [0.29, 0.717) is 11.5 Å². The van der Waals surface area contributed by atoms with Gasteiger partial charge < -0.3 is 14.1 Å². The van der Waals surface area contributed by atoms with Crippen LogP contribution in [0.2, 0.25) is 5.04 Å². The first kappa shape index (κ1) is 36.4. The van der Waals surface area contributed by atoms with E-state index in [1.807, 2.05) is 80.6 Å². The van der Waals surface area contributed by atoms with Crippen LogP contribution >= 0.6 is 7.37 Å². The van der Waals surface area contributed by atoms with Gasteiger partial charge in [-0.2, -0.15) is 0 Å². The molecule has 1 saturated carbocycles. The SMILES string of the molecule is COP(=O)(C#Cc1c(-c2ccc(F)cc2)cc(C2CC2)nc1C(C)C)C[C@H](CC(=O)O)O[Si](c1ccccc1)(c1ccccc1)C(C)(C)C. The molecule has 0 radical (unpaired) electrons. The van der Waals surface area contributed by atoms with Gasteiger partial charge in [-0.25, -0.2) is 4.39 Å². The molecule has 1 aliphatic carbocycles. The smallest absolute Gasteiger partial charge is 0.305 e. The number of carbonyl (C=O) groups is 1. The first-order valence-corrected chi connectivity index (χ1v) is 20.5. The summed E-state index contributed by atoms with van der Waals surface area (Å²) in [6.07, 6.45) is 0.556. The van der Waals surface area contributed by atoms with E-state index in [2.05, 4.69) is 32.4 Å². The number of hydrogen-bond acceptors (Lipinski definition) is 5. The maximum Gasteiger partial charge on any atom is 0.305 e. The third-order valence-corrected chi connectivity index (χ3v) is 16.0. The summed E-state index contributed by atoms with van der Waals surface area (Å²) in [6.45, 7) is 10.4. The molecule has 1 heterocycles. The number of benzene rings is 3. The minimum Gasteiger partial charge on any atom is -0.481 e. The highest BCUT2D eigenvalue weighted by Gasteiger charge is 2.52. The highest BCUT2D eigenvalue weighted by atomic mass is 31.2. The van der Waals surface area contributed by atoms with Crippen molar-refractivity contribution in [2.75, 3.05) is 13.3 Å². The van der Waals surface area contributed by atoms with Gasteiger partial charge in [0.15, 0.2) is 0 Å². The third-order valence-electron chi connectivity index (χ3n) is 9.02. The van der Waals surface area contributed by atoms with Gasteiger partial charge in [-0.3, -0.25) is 14.3 Å². The lowest BCUT2D eigenvalue weighted by Crippen LogP contribution is -2.68. The van der Waals surface area contributed by atoms with Crippen molar-refractivity contribution < 1.29 is 27.8 Å². The van der Waals surface area contributed by atoms with E-state index in [4.69, 9.17) is 13.9 Å². The monoisotopic (exact) mass is 697 g/mol. The van der Waals surface area contributed by atoms with E-state index >= 15 is 0 Å². The van der Waals surface area contributed by atoms with E-state index in [9.17, 15) is 18.9 Å². The second-order valence-electron chi connectivity index (χ2n) is 14.1. The number of carboxylic acids is 1. The van der Waals surface area contributed by atoms with E-state index in [1.54, 1.807) is 12.1 Å². The minimum atomic E-state index is -3.80. The normalized spacial score (nSPS) is 15.3. The van der Waals surface area contributed by atoms with Gasteiger partial charge in [0.25, 0.3) is 15.7 Å². The van der Waals surface area contributed by atoms with Crippen LogP contribution in [0.15, 0.2) is 91.0 Å². The van der Waals surface area contributed by atoms with Crippen LogP contribution in [0, 0.1) is 17.4 Å². The van der Waals surface area contributed by atoms with Crippen LogP contribution in [0.5, 0.6) is 0 Å². The Morgan fingerprint density at radius 1 is 1.00 bits per heavy atom. The molecule has 1 aromatic heterocycles. The Bertz CT molecular complexity index is 1840. The summed E-state index contributed by atoms with van der Waals surface area (Å²) in [5, 5.41) is 11.6. The largest absolute Gasteiger partial charge is 0.481 e. The van der Waals surface area contributed by atoms with Crippen LogP contribution in [0.1, 0.15) is 82.7 Å². The van der Waals surface area contributed by atoms with Crippen LogP contribution in [0.3, 0.4) is 0 Å². The number of nitrogens with zero attached hydrogens (tertiary/aromatic N) is 1. The van der Waals surface area contributed by atoms with Crippen LogP contribution < -0.4 is 10.4 Å². The molecule has 2 atom stereocenters. The summed E-state index contributed by atoms with van der Waals surface area (Å²) in [4.78, 5) is 17.3. The lowest BCUT2D eigenvalue weighted by molar-refractivity contribution is -0.138. The number of rotatable bonds is 12. The van der Waals surface area contributed by atoms with Gasteiger partial charge in [-0.05, 0) is 63.6 Å². The van der Waals surface area contributed by atoms with E-state index < -0.39 is 32.8 Å². The second-order valence-corrected chi connectivity index (χ2v) is 20.6. The van der Waals surface area contributed by atoms with E-state index in [1.165, 1.54) is 19.2 Å². The standard InChI is InChI=1S/C40H45FNO5PSi/c1-28(2)39-35(36(26-37(42-39)30-17-18-30)29-19-21-31(41)22-20-29)23-24-48(45,46-6)27-32(25-38(43)44)47-49(40(3,4)5,33-13-9-7-10-14-33)34-15-11-8-12-16-34/h7-16,19-22,26,28,30,32H,17-18,25,27H2,1-6H3,(H,43,44)/t32-,48?/m0/s1. The molecule has 1 unspecified atom stereocenters. The summed E-state index contributed by atoms with van der Waals surface area (Å²) >= 11 is 0. The van der Waals surface area contributed by atoms with Crippen LogP contribution in [-0.2, 0) is 18.3 Å². The average Bonchev–Trinajstić information content (AvgIpc) is 3.92. The Labute approximate surface area is 290 Å². The maximum absolute atomic E-state index is 14.6. The molecule has 0 aliphatic heterocycles. The molecule has 0 saturated heterocycles. The zero-order valence-corrected chi connectivity index (χ0v) is 31.0. The highest BCUT2D eigenvalue weighted by Crippen LogP contribution is 2.48. The van der Waals surface area contributed by atoms with Gasteiger partial charge in [0.05, 0.1) is 29.9 Å². The first-order valence-electron chi connectivity index (χ1n) is 16.8. The van der Waals surface area contributed by atoms with Crippen molar-refractivity contribution in [3.63, 3.8) is 0 Å². The Kier molecular flexibility index (Phi) is 11.1. The molecular formula is C40H45FNO5PSi. The van der Waals surface area contributed by atoms with Crippen molar-refractivity contribution in [1.29, 1.82) is 0 Å². The molecule has 49 heavy (non-hydrogen) atoms. The quantitative estimate of drug-likeness (QED) is 0.0908. The van der Waals surface area contributed by atoms with Gasteiger partial charge >= 0.3 is 5.97 Å². The van der Waals surface area contributed by atoms with Gasteiger partial charge in [0.1, 0.15) is 5.82 Å². The zero-order valence-electron chi connectivity index (χ0n) is 29.1. The predicted molar refractivity (Wildman–Crippen MR) is 197 cm³/mol. The molecule has 1 fully saturated rings. The predicted octanol–water partition coefficient (Wildman–Crippen LogP) is 8.54. The highest BCUT2D eigenvalue weighted by molar-refractivity contribution is 7.64. The number of aliphatic carboxylic acids is 1. The molecular weight excluding hydrogens is 652 g/mol. The third kappa shape index (κ3) is 8.31. The molecule has 1 N–H and O–H groups in total. The van der Waals surface area contributed by atoms with Crippen molar-refractivity contribution in [2.24, 2.45) is 0 Å². The summed E-state index contributed by atoms with van der Waals surface area (Å²) in [7, 11) is -5.66. The summed E-state index contributed by atoms with van der Waals surface area (Å²) in [5.74, 6) is 2.15. The van der Waals surface area contributed by atoms with Crippen molar-refractivity contribution in [3.05, 3.63) is 114 Å².